The highest BCUT2D eigenvalue weighted by Gasteiger charge is 2.27. The number of carboxylic acid groups (broad SMARTS) is 2. The summed E-state index contributed by atoms with van der Waals surface area (Å²) in [7, 11) is 1.42. The van der Waals surface area contributed by atoms with Gasteiger partial charge in [0.05, 0.1) is 32.8 Å². The third-order valence-electron chi connectivity index (χ3n) is 8.80. The van der Waals surface area contributed by atoms with Gasteiger partial charge in [-0.1, -0.05) is 94.9 Å². The summed E-state index contributed by atoms with van der Waals surface area (Å²) < 4.78 is 16.3. The van der Waals surface area contributed by atoms with Crippen LogP contribution in [-0.2, 0) is 0 Å². The van der Waals surface area contributed by atoms with Gasteiger partial charge in [-0.2, -0.15) is 5.26 Å². The predicted octanol–water partition coefficient (Wildman–Crippen LogP) is 12.7. The number of methoxy groups -OCH3 is 1. The van der Waals surface area contributed by atoms with Crippen LogP contribution in [0, 0.1) is 11.3 Å². The molecular weight excluding hydrogens is 896 g/mol. The standard InChI is InChI=1S/C21H10Cl2N2O4S.C21H13Cl2NO5S/c22-14-6-5-11(18(23)12(14)8-24)13-9-30-20(17(13)21(27)28)25-19(26)16-7-10-3-1-2-4-15(10)29-16;1-28-18-13(22)7-6-11(17(18)23)12-9-30-20(16(12)21(26)27)24-19(25)15-8-10-4-2-3-5-14(10)29-15/h1-7,9H,(H,25,26)(H,27,28);2-9H,1H3,(H,24,25)(H,26,27). The van der Waals surface area contributed by atoms with Gasteiger partial charge in [0.15, 0.2) is 17.3 Å². The lowest BCUT2D eigenvalue weighted by molar-refractivity contribution is 0.0688. The summed E-state index contributed by atoms with van der Waals surface area (Å²) in [6, 6.07) is 25.6. The monoisotopic (exact) mass is 917 g/mol. The first-order valence-corrected chi connectivity index (χ1v) is 20.3. The Morgan fingerprint density at radius 3 is 1.53 bits per heavy atom. The number of halogens is 4. The molecule has 0 unspecified atom stereocenters. The largest absolute Gasteiger partial charge is 0.494 e. The van der Waals surface area contributed by atoms with Crippen LogP contribution in [0.3, 0.4) is 0 Å². The second-order valence-electron chi connectivity index (χ2n) is 12.4. The van der Waals surface area contributed by atoms with Crippen LogP contribution in [0.15, 0.2) is 105 Å². The highest BCUT2D eigenvalue weighted by molar-refractivity contribution is 7.15. The number of benzene rings is 4. The maximum atomic E-state index is 12.7. The highest BCUT2D eigenvalue weighted by Crippen LogP contribution is 2.45. The average molecular weight is 920 g/mol. The smallest absolute Gasteiger partial charge is 0.339 e. The lowest BCUT2D eigenvalue weighted by atomic mass is 10.0. The fraction of sp³-hybridized carbons (Fsp3) is 0.0238. The number of hydrogen-bond acceptors (Lipinski definition) is 10. The molecule has 4 aromatic heterocycles. The van der Waals surface area contributed by atoms with Gasteiger partial charge >= 0.3 is 11.9 Å². The summed E-state index contributed by atoms with van der Waals surface area (Å²) in [5.41, 5.74) is 2.29. The molecular formula is C42H23Cl4N3O9S2. The summed E-state index contributed by atoms with van der Waals surface area (Å²) in [6.45, 7) is 0. The van der Waals surface area contributed by atoms with E-state index in [1.807, 2.05) is 24.3 Å². The number of aromatic carboxylic acids is 2. The fourth-order valence-electron chi connectivity index (χ4n) is 6.03. The van der Waals surface area contributed by atoms with Crippen molar-refractivity contribution in [1.29, 1.82) is 5.26 Å². The third kappa shape index (κ3) is 8.15. The van der Waals surface area contributed by atoms with E-state index in [-0.39, 0.29) is 64.6 Å². The van der Waals surface area contributed by atoms with E-state index >= 15 is 0 Å². The molecule has 0 aliphatic carbocycles. The van der Waals surface area contributed by atoms with Crippen LogP contribution in [-0.4, -0.2) is 41.1 Å². The van der Waals surface area contributed by atoms with Crippen LogP contribution in [0.1, 0.15) is 47.4 Å². The van der Waals surface area contributed by atoms with E-state index in [1.165, 1.54) is 19.2 Å². The zero-order chi connectivity index (χ0) is 42.8. The molecule has 0 bridgehead atoms. The Labute approximate surface area is 366 Å². The Morgan fingerprint density at radius 2 is 1.10 bits per heavy atom. The number of furan rings is 2. The Morgan fingerprint density at radius 1 is 0.650 bits per heavy atom. The van der Waals surface area contributed by atoms with E-state index in [1.54, 1.807) is 65.4 Å². The quantitative estimate of drug-likeness (QED) is 0.108. The molecule has 0 aliphatic heterocycles. The predicted molar refractivity (Wildman–Crippen MR) is 233 cm³/mol. The zero-order valence-electron chi connectivity index (χ0n) is 30.3. The number of anilines is 2. The molecule has 0 aliphatic rings. The van der Waals surface area contributed by atoms with E-state index in [4.69, 9.17) is 60.0 Å². The molecule has 0 atom stereocenters. The lowest BCUT2D eigenvalue weighted by Gasteiger charge is -2.11. The Bertz CT molecular complexity index is 3010. The lowest BCUT2D eigenvalue weighted by Crippen LogP contribution is -2.12. The average Bonchev–Trinajstić information content (AvgIpc) is 4.03. The second-order valence-corrected chi connectivity index (χ2v) is 15.7. The molecule has 12 nitrogen and oxygen atoms in total. The molecule has 60 heavy (non-hydrogen) atoms. The number of para-hydroxylation sites is 2. The van der Waals surface area contributed by atoms with Crippen molar-refractivity contribution in [2.24, 2.45) is 0 Å². The minimum atomic E-state index is -1.25. The number of amides is 2. The van der Waals surface area contributed by atoms with Gasteiger partial charge in [-0.15, -0.1) is 22.7 Å². The molecule has 18 heteroatoms. The number of carbonyl (C=O) groups excluding carboxylic acids is 2. The second kappa shape index (κ2) is 17.5. The van der Waals surface area contributed by atoms with Gasteiger partial charge in [-0.25, -0.2) is 9.59 Å². The summed E-state index contributed by atoms with van der Waals surface area (Å²) in [4.78, 5) is 49.3. The number of hydrogen-bond donors (Lipinski definition) is 4. The Hall–Kier alpha value is -6.31. The van der Waals surface area contributed by atoms with Crippen LogP contribution >= 0.6 is 69.1 Å². The van der Waals surface area contributed by atoms with Gasteiger partial charge < -0.3 is 34.4 Å². The van der Waals surface area contributed by atoms with Crippen molar-refractivity contribution in [2.75, 3.05) is 17.7 Å². The topological polar surface area (TPSA) is 192 Å². The molecule has 0 spiro atoms. The number of ether oxygens (including phenoxy) is 1. The number of thiophene rings is 2. The van der Waals surface area contributed by atoms with Gasteiger partial charge in [-0.3, -0.25) is 9.59 Å². The first-order chi connectivity index (χ1) is 28.8. The van der Waals surface area contributed by atoms with Crippen molar-refractivity contribution in [3.63, 3.8) is 0 Å². The van der Waals surface area contributed by atoms with Crippen LogP contribution in [0.5, 0.6) is 5.75 Å². The first-order valence-electron chi connectivity index (χ1n) is 17.0. The summed E-state index contributed by atoms with van der Waals surface area (Å²) in [5.74, 6) is -3.23. The molecule has 8 rings (SSSR count). The van der Waals surface area contributed by atoms with Crippen LogP contribution < -0.4 is 15.4 Å². The van der Waals surface area contributed by atoms with Crippen molar-refractivity contribution in [1.82, 2.24) is 0 Å². The molecule has 8 aromatic rings. The van der Waals surface area contributed by atoms with Gasteiger partial charge in [0.25, 0.3) is 11.8 Å². The first kappa shape index (κ1) is 41.8. The minimum absolute atomic E-state index is 0.0421. The number of nitrogens with one attached hydrogen (secondary N) is 2. The van der Waals surface area contributed by atoms with Gasteiger partial charge in [-0.05, 0) is 36.4 Å². The number of rotatable bonds is 9. The normalized spacial score (nSPS) is 10.8. The number of carboxylic acids is 2. The molecule has 4 heterocycles. The van der Waals surface area contributed by atoms with E-state index < -0.39 is 23.8 Å². The Kier molecular flexibility index (Phi) is 12.2. The van der Waals surface area contributed by atoms with Crippen LogP contribution in [0.2, 0.25) is 20.1 Å². The van der Waals surface area contributed by atoms with Gasteiger partial charge in [0.2, 0.25) is 0 Å². The van der Waals surface area contributed by atoms with Crippen LogP contribution in [0.25, 0.3) is 44.2 Å². The fourth-order valence-corrected chi connectivity index (χ4v) is 9.11. The summed E-state index contributed by atoms with van der Waals surface area (Å²) in [5, 5.41) is 39.7. The van der Waals surface area contributed by atoms with E-state index in [0.717, 1.165) is 33.4 Å². The minimum Gasteiger partial charge on any atom is -0.494 e. The molecule has 300 valence electrons. The van der Waals surface area contributed by atoms with Gasteiger partial charge in [0.1, 0.15) is 38.4 Å². The van der Waals surface area contributed by atoms with Crippen molar-refractivity contribution < 1.29 is 43.0 Å². The molecule has 4 N–H and O–H groups in total. The van der Waals surface area contributed by atoms with Crippen molar-refractivity contribution in [2.45, 2.75) is 0 Å². The molecule has 0 saturated heterocycles. The van der Waals surface area contributed by atoms with Crippen molar-refractivity contribution >= 4 is 125 Å². The Balaban J connectivity index is 0.000000181. The van der Waals surface area contributed by atoms with E-state index in [9.17, 15) is 34.7 Å². The van der Waals surface area contributed by atoms with Crippen molar-refractivity contribution in [3.05, 3.63) is 144 Å². The molecule has 4 aromatic carbocycles. The molecule has 0 fully saturated rings. The van der Waals surface area contributed by atoms with E-state index in [0.29, 0.717) is 32.9 Å². The highest BCUT2D eigenvalue weighted by atomic mass is 35.5. The van der Waals surface area contributed by atoms with Gasteiger partial charge in [0, 0.05) is 43.8 Å². The number of fused-ring (bicyclic) bond motifs is 2. The molecule has 2 amide bonds. The SMILES string of the molecule is COc1c(Cl)ccc(-c2csc(NC(=O)c3cc4ccccc4o3)c2C(=O)O)c1Cl.N#Cc1c(Cl)ccc(-c2csc(NC(=O)c3cc4ccccc4o3)c2C(=O)O)c1Cl. The maximum absolute atomic E-state index is 12.7. The summed E-state index contributed by atoms with van der Waals surface area (Å²) >= 11 is 26.8. The number of nitriles is 1. The maximum Gasteiger partial charge on any atom is 0.339 e. The zero-order valence-corrected chi connectivity index (χ0v) is 34.9. The van der Waals surface area contributed by atoms with E-state index in [2.05, 4.69) is 10.6 Å². The molecule has 0 radical (unpaired) electrons. The number of carbonyl (C=O) groups is 4. The molecule has 0 saturated carbocycles. The van der Waals surface area contributed by atoms with Crippen LogP contribution in [0.4, 0.5) is 10.0 Å². The third-order valence-corrected chi connectivity index (χ3v) is 12.0. The summed E-state index contributed by atoms with van der Waals surface area (Å²) in [6.07, 6.45) is 0. The van der Waals surface area contributed by atoms with Crippen molar-refractivity contribution in [3.8, 4) is 34.1 Å². The number of nitrogens with zero attached hydrogens (tertiary/aromatic N) is 1.